The number of carbonyl (C=O) groups is 2. The molecule has 4 rings (SSSR count). The van der Waals surface area contributed by atoms with Crippen LogP contribution in [-0.2, 0) is 29.8 Å². The highest BCUT2D eigenvalue weighted by molar-refractivity contribution is 7.89. The van der Waals surface area contributed by atoms with Crippen LogP contribution >= 0.6 is 0 Å². The quantitative estimate of drug-likeness (QED) is 0.592. The summed E-state index contributed by atoms with van der Waals surface area (Å²) in [6.45, 7) is -0.472. The van der Waals surface area contributed by atoms with E-state index in [0.29, 0.717) is 12.8 Å². The zero-order chi connectivity index (χ0) is 23.5. The van der Waals surface area contributed by atoms with E-state index in [1.807, 2.05) is 30.3 Å². The molecule has 33 heavy (non-hydrogen) atoms. The largest absolute Gasteiger partial charge is 0.455 e. The van der Waals surface area contributed by atoms with Crippen molar-refractivity contribution in [1.29, 1.82) is 0 Å². The third-order valence-corrected chi connectivity index (χ3v) is 8.68. The molecule has 1 amide bonds. The molecule has 2 aliphatic carbocycles. The van der Waals surface area contributed by atoms with E-state index in [1.54, 1.807) is 25.2 Å². The SMILES string of the molecule is CN(C1CCCCC1)S(=O)(=O)c1ccccc1NC(=O)COC(=O)C1(c2ccccc2)CC1. The molecule has 2 fully saturated rings. The molecule has 0 radical (unpaired) electrons. The van der Waals surface area contributed by atoms with Gasteiger partial charge in [-0.2, -0.15) is 4.31 Å². The van der Waals surface area contributed by atoms with Gasteiger partial charge in [-0.25, -0.2) is 8.42 Å². The number of hydrogen-bond acceptors (Lipinski definition) is 5. The molecule has 0 aliphatic heterocycles. The van der Waals surface area contributed by atoms with Gasteiger partial charge < -0.3 is 10.1 Å². The summed E-state index contributed by atoms with van der Waals surface area (Å²) in [5.41, 5.74) is 0.397. The van der Waals surface area contributed by atoms with Gasteiger partial charge in [0.2, 0.25) is 10.0 Å². The van der Waals surface area contributed by atoms with E-state index in [2.05, 4.69) is 5.32 Å². The monoisotopic (exact) mass is 470 g/mol. The maximum absolute atomic E-state index is 13.3. The zero-order valence-corrected chi connectivity index (χ0v) is 19.6. The molecule has 2 aromatic rings. The standard InChI is InChI=1S/C25H30N2O5S/c1-27(20-12-6-3-7-13-20)33(30,31)22-15-9-8-14-21(22)26-23(28)18-32-24(29)25(16-17-25)19-10-4-2-5-11-19/h2,4-5,8-11,14-15,20H,3,6-7,12-13,16-18H2,1H3,(H,26,28). The van der Waals surface area contributed by atoms with Crippen molar-refractivity contribution in [3.8, 4) is 0 Å². The van der Waals surface area contributed by atoms with Crippen LogP contribution in [0.2, 0.25) is 0 Å². The number of rotatable bonds is 8. The Morgan fingerprint density at radius 3 is 2.30 bits per heavy atom. The van der Waals surface area contributed by atoms with Crippen LogP contribution in [0, 0.1) is 0 Å². The number of carbonyl (C=O) groups excluding carboxylic acids is 2. The van der Waals surface area contributed by atoms with Crippen molar-refractivity contribution in [2.45, 2.75) is 61.3 Å². The second kappa shape index (κ2) is 9.65. The van der Waals surface area contributed by atoms with Gasteiger partial charge in [-0.1, -0.05) is 61.7 Å². The Bertz CT molecular complexity index is 1110. The Morgan fingerprint density at radius 2 is 1.64 bits per heavy atom. The van der Waals surface area contributed by atoms with Crippen molar-refractivity contribution >= 4 is 27.6 Å². The van der Waals surface area contributed by atoms with Crippen LogP contribution in [-0.4, -0.2) is 44.3 Å². The van der Waals surface area contributed by atoms with Gasteiger partial charge in [0.25, 0.3) is 5.91 Å². The molecular weight excluding hydrogens is 440 g/mol. The van der Waals surface area contributed by atoms with Crippen LogP contribution in [0.25, 0.3) is 0 Å². The van der Waals surface area contributed by atoms with Crippen molar-refractivity contribution < 1.29 is 22.7 Å². The molecule has 0 bridgehead atoms. The molecule has 0 saturated heterocycles. The number of nitrogens with one attached hydrogen (secondary N) is 1. The average Bonchev–Trinajstić information content (AvgIpc) is 3.66. The summed E-state index contributed by atoms with van der Waals surface area (Å²) < 4.78 is 33.3. The zero-order valence-electron chi connectivity index (χ0n) is 18.8. The van der Waals surface area contributed by atoms with E-state index < -0.39 is 33.9 Å². The van der Waals surface area contributed by atoms with E-state index in [-0.39, 0.29) is 16.6 Å². The summed E-state index contributed by atoms with van der Waals surface area (Å²) in [6.07, 6.45) is 6.20. The van der Waals surface area contributed by atoms with Gasteiger partial charge in [-0.3, -0.25) is 9.59 Å². The molecule has 0 atom stereocenters. The lowest BCUT2D eigenvalue weighted by atomic mass is 9.96. The van der Waals surface area contributed by atoms with Crippen molar-refractivity contribution in [2.24, 2.45) is 0 Å². The first kappa shape index (κ1) is 23.4. The lowest BCUT2D eigenvalue weighted by molar-refractivity contribution is -0.150. The van der Waals surface area contributed by atoms with Crippen molar-refractivity contribution in [1.82, 2.24) is 4.31 Å². The summed E-state index contributed by atoms with van der Waals surface area (Å²) in [6, 6.07) is 15.7. The molecule has 2 aromatic carbocycles. The van der Waals surface area contributed by atoms with Gasteiger partial charge in [0.05, 0.1) is 11.1 Å². The fourth-order valence-corrected chi connectivity index (χ4v) is 6.10. The van der Waals surface area contributed by atoms with Gasteiger partial charge in [0.1, 0.15) is 4.90 Å². The summed E-state index contributed by atoms with van der Waals surface area (Å²) in [5, 5.41) is 2.62. The number of hydrogen-bond donors (Lipinski definition) is 1. The molecule has 0 aromatic heterocycles. The third kappa shape index (κ3) is 4.96. The van der Waals surface area contributed by atoms with Gasteiger partial charge in [0.15, 0.2) is 6.61 Å². The second-order valence-corrected chi connectivity index (χ2v) is 10.8. The summed E-state index contributed by atoms with van der Waals surface area (Å²) in [7, 11) is -2.18. The molecule has 2 aliphatic rings. The Morgan fingerprint density at radius 1 is 1.00 bits per heavy atom. The van der Waals surface area contributed by atoms with E-state index in [4.69, 9.17) is 4.74 Å². The molecule has 0 heterocycles. The maximum atomic E-state index is 13.3. The average molecular weight is 471 g/mol. The number of ether oxygens (including phenoxy) is 1. The first-order chi connectivity index (χ1) is 15.8. The van der Waals surface area contributed by atoms with Gasteiger partial charge in [-0.15, -0.1) is 0 Å². The number of nitrogens with zero attached hydrogens (tertiary/aromatic N) is 1. The number of sulfonamides is 1. The first-order valence-electron chi connectivity index (χ1n) is 11.4. The Kier molecular flexibility index (Phi) is 6.86. The Hall–Kier alpha value is -2.71. The van der Waals surface area contributed by atoms with Gasteiger partial charge in [-0.05, 0) is 43.4 Å². The second-order valence-electron chi connectivity index (χ2n) is 8.88. The highest BCUT2D eigenvalue weighted by atomic mass is 32.2. The summed E-state index contributed by atoms with van der Waals surface area (Å²) in [5.74, 6) is -1.00. The molecule has 7 nitrogen and oxygen atoms in total. The van der Waals surface area contributed by atoms with E-state index in [1.165, 1.54) is 10.4 Å². The van der Waals surface area contributed by atoms with E-state index >= 15 is 0 Å². The topological polar surface area (TPSA) is 92.8 Å². The molecule has 2 saturated carbocycles. The minimum Gasteiger partial charge on any atom is -0.455 e. The third-order valence-electron chi connectivity index (χ3n) is 6.71. The molecular formula is C25H30N2O5S. The Balaban J connectivity index is 1.41. The van der Waals surface area contributed by atoms with E-state index in [0.717, 1.165) is 37.7 Å². The highest BCUT2D eigenvalue weighted by Gasteiger charge is 2.52. The normalized spacial score (nSPS) is 18.0. The van der Waals surface area contributed by atoms with Crippen LogP contribution < -0.4 is 5.32 Å². The lowest BCUT2D eigenvalue weighted by Crippen LogP contribution is -2.38. The van der Waals surface area contributed by atoms with Crippen LogP contribution in [0.4, 0.5) is 5.69 Å². The fraction of sp³-hybridized carbons (Fsp3) is 0.440. The summed E-state index contributed by atoms with van der Waals surface area (Å²) >= 11 is 0. The van der Waals surface area contributed by atoms with Crippen molar-refractivity contribution in [2.75, 3.05) is 19.0 Å². The van der Waals surface area contributed by atoms with Gasteiger partial charge in [0, 0.05) is 13.1 Å². The predicted molar refractivity (Wildman–Crippen MR) is 125 cm³/mol. The van der Waals surface area contributed by atoms with Crippen LogP contribution in [0.15, 0.2) is 59.5 Å². The first-order valence-corrected chi connectivity index (χ1v) is 12.9. The van der Waals surface area contributed by atoms with Crippen molar-refractivity contribution in [3.05, 3.63) is 60.2 Å². The minimum absolute atomic E-state index is 0.0406. The highest BCUT2D eigenvalue weighted by Crippen LogP contribution is 2.49. The lowest BCUT2D eigenvalue weighted by Gasteiger charge is -2.30. The number of para-hydroxylation sites is 1. The Labute approximate surface area is 195 Å². The molecule has 8 heteroatoms. The number of esters is 1. The van der Waals surface area contributed by atoms with Crippen LogP contribution in [0.3, 0.4) is 0 Å². The molecule has 0 unspecified atom stereocenters. The molecule has 1 N–H and O–H groups in total. The number of amides is 1. The fourth-order valence-electron chi connectivity index (χ4n) is 4.54. The van der Waals surface area contributed by atoms with Gasteiger partial charge >= 0.3 is 5.97 Å². The maximum Gasteiger partial charge on any atom is 0.317 e. The minimum atomic E-state index is -3.78. The predicted octanol–water partition coefficient (Wildman–Crippen LogP) is 3.85. The van der Waals surface area contributed by atoms with Crippen molar-refractivity contribution in [3.63, 3.8) is 0 Å². The van der Waals surface area contributed by atoms with Crippen LogP contribution in [0.5, 0.6) is 0 Å². The summed E-state index contributed by atoms with van der Waals surface area (Å²) in [4.78, 5) is 25.3. The smallest absolute Gasteiger partial charge is 0.317 e. The number of anilines is 1. The number of benzene rings is 2. The van der Waals surface area contributed by atoms with E-state index in [9.17, 15) is 18.0 Å². The molecule has 0 spiro atoms. The van der Waals surface area contributed by atoms with Crippen LogP contribution in [0.1, 0.15) is 50.5 Å². The molecule has 176 valence electrons.